The minimum atomic E-state index is -4.57. The summed E-state index contributed by atoms with van der Waals surface area (Å²) < 4.78 is 122. The van der Waals surface area contributed by atoms with Crippen LogP contribution in [0.25, 0.3) is 49.5 Å². The molecule has 0 saturated carbocycles. The molecule has 0 saturated heterocycles. The largest absolute Gasteiger partial charge is 1.00 e. The van der Waals surface area contributed by atoms with Crippen molar-refractivity contribution in [2.24, 2.45) is 0 Å². The number of carboxylic acids is 2. The fraction of sp³-hybridized carbons (Fsp3) is 0.273. The van der Waals surface area contributed by atoms with Crippen molar-refractivity contribution in [3.8, 4) is 44.8 Å². The maximum absolute atomic E-state index is 14.1. The first-order valence-corrected chi connectivity index (χ1v) is 31.9. The predicted octanol–water partition coefficient (Wildman–Crippen LogP) is 3.65. The predicted molar refractivity (Wildman–Crippen MR) is 342 cm³/mol. The molecule has 8 rings (SSSR count). The van der Waals surface area contributed by atoms with Gasteiger partial charge < -0.3 is 54.1 Å². The Morgan fingerprint density at radius 3 is 1.22 bits per heavy atom. The third-order valence-corrected chi connectivity index (χ3v) is 16.3. The molecule has 491 valence electrons. The van der Waals surface area contributed by atoms with E-state index >= 15 is 0 Å². The van der Waals surface area contributed by atoms with Gasteiger partial charge in [0.05, 0.1) is 59.4 Å². The molecule has 0 fully saturated rings. The molecule has 4 atom stereocenters. The number of anilines is 2. The van der Waals surface area contributed by atoms with Crippen molar-refractivity contribution in [1.82, 2.24) is 13.9 Å². The number of benzene rings is 6. The van der Waals surface area contributed by atoms with Crippen LogP contribution >= 0.6 is 0 Å². The molecule has 2 aromatic heterocycles. The fourth-order valence-corrected chi connectivity index (χ4v) is 12.3. The molecule has 95 heavy (non-hydrogen) atoms. The van der Waals surface area contributed by atoms with Crippen molar-refractivity contribution >= 4 is 64.0 Å². The summed E-state index contributed by atoms with van der Waals surface area (Å²) in [5.74, 6) is -7.78. The van der Waals surface area contributed by atoms with Gasteiger partial charge in [-0.15, -0.1) is 0 Å². The summed E-state index contributed by atoms with van der Waals surface area (Å²) in [6, 6.07) is 37.1. The zero-order valence-electron chi connectivity index (χ0n) is 52.8. The van der Waals surface area contributed by atoms with E-state index in [4.69, 9.17) is 5.11 Å². The maximum Gasteiger partial charge on any atom is 1.00 e. The standard InChI is InChI=1S/2C33H35F2N3O7S.B.2Na/c2*1-20(2)31-30(33(43)37-46(44,45)36-25-6-4-3-5-7-25)29(21-8-12-23(34)13-9-21)32(22-10-14-24(35)15-11-22)38(31)17-16-26(39)18-27(40)19-28(41)42;;;/h3-15,20,26-27,36,39-40H,16-19H2,1-2H3,(H,37,43)(H,41,42);3-15,20,26-27,36,39-40H,16-19H2,1-2H3,(H2,37,41,42,43);;;/q;;;2*+1/p-2/t2*26-,27-;;;/m11.../s1. The number of amides is 2. The summed E-state index contributed by atoms with van der Waals surface area (Å²) >= 11 is 0. The van der Waals surface area contributed by atoms with Crippen LogP contribution in [0, 0.1) is 23.3 Å². The Kier molecular flexibility index (Phi) is 30.7. The molecule has 0 spiro atoms. The Bertz CT molecular complexity index is 3840. The summed E-state index contributed by atoms with van der Waals surface area (Å²) in [7, 11) is -9.00. The third-order valence-electron chi connectivity index (χ3n) is 14.4. The monoisotopic (exact) mass is 1370 g/mol. The minimum Gasteiger partial charge on any atom is -0.550 e. The number of hydrogen-bond acceptors (Lipinski definition) is 13. The molecular weight excluding hydrogens is 1300 g/mol. The number of halogens is 4. The third kappa shape index (κ3) is 22.5. The Hall–Kier alpha value is -7.12. The quantitative estimate of drug-likeness (QED) is 0.0257. The topological polar surface area (TPSA) is 321 Å². The zero-order valence-corrected chi connectivity index (χ0v) is 58.4. The molecule has 0 aliphatic rings. The number of carboxylic acid groups (broad SMARTS) is 2. The van der Waals surface area contributed by atoms with Crippen molar-refractivity contribution in [1.29, 1.82) is 0 Å². The van der Waals surface area contributed by atoms with Crippen LogP contribution in [0.2, 0.25) is 0 Å². The Morgan fingerprint density at radius 1 is 0.505 bits per heavy atom. The Morgan fingerprint density at radius 2 is 0.853 bits per heavy atom. The van der Waals surface area contributed by atoms with Gasteiger partial charge in [-0.25, -0.2) is 30.7 Å². The number of rotatable bonds is 28. The number of nitrogens with one attached hydrogen (secondary N) is 3. The molecule has 0 unspecified atom stereocenters. The van der Waals surface area contributed by atoms with Gasteiger partial charge in [0.1, 0.15) is 23.3 Å². The number of carbonyl (C=O) groups excluding carboxylic acids is 3. The molecule has 3 radical (unpaired) electrons. The van der Waals surface area contributed by atoms with Gasteiger partial charge in [-0.1, -0.05) is 88.4 Å². The molecule has 0 bridgehead atoms. The summed E-state index contributed by atoms with van der Waals surface area (Å²) in [5, 5.41) is 61.4. The van der Waals surface area contributed by atoms with Crippen LogP contribution in [0.1, 0.15) is 110 Å². The Labute approximate surface area is 594 Å². The van der Waals surface area contributed by atoms with Crippen LogP contribution in [0.3, 0.4) is 0 Å². The fourth-order valence-electron chi connectivity index (χ4n) is 10.7. The molecule has 2 heterocycles. The summed E-state index contributed by atoms with van der Waals surface area (Å²) in [6.07, 6.45) is -6.69. The number of nitrogens with zero attached hydrogens (tertiary/aromatic N) is 3. The van der Waals surface area contributed by atoms with Gasteiger partial charge in [0.15, 0.2) is 10.2 Å². The van der Waals surface area contributed by atoms with Crippen LogP contribution in [0.4, 0.5) is 28.9 Å². The van der Waals surface area contributed by atoms with Gasteiger partial charge >= 0.3 is 75.3 Å². The second-order valence-corrected chi connectivity index (χ2v) is 24.9. The van der Waals surface area contributed by atoms with E-state index in [9.17, 15) is 79.1 Å². The van der Waals surface area contributed by atoms with Crippen LogP contribution in [0.15, 0.2) is 158 Å². The van der Waals surface area contributed by atoms with E-state index in [0.29, 0.717) is 45.0 Å². The molecule has 2 amide bonds. The van der Waals surface area contributed by atoms with Crippen molar-refractivity contribution < 1.29 is 143 Å². The van der Waals surface area contributed by atoms with E-state index in [-0.39, 0.29) is 140 Å². The van der Waals surface area contributed by atoms with E-state index in [1.165, 1.54) is 121 Å². The van der Waals surface area contributed by atoms with Crippen LogP contribution in [0.5, 0.6) is 0 Å². The van der Waals surface area contributed by atoms with Crippen LogP contribution < -0.4 is 78.4 Å². The number of carbonyl (C=O) groups is 4. The molecule has 8 N–H and O–H groups in total. The van der Waals surface area contributed by atoms with Crippen molar-refractivity contribution in [3.63, 3.8) is 0 Å². The number of hydrogen-bond donors (Lipinski definition) is 8. The van der Waals surface area contributed by atoms with Crippen molar-refractivity contribution in [2.75, 3.05) is 9.44 Å². The second kappa shape index (κ2) is 36.3. The van der Waals surface area contributed by atoms with Gasteiger partial charge in [-0.05, 0) is 157 Å². The van der Waals surface area contributed by atoms with Gasteiger partial charge in [0.2, 0.25) is 0 Å². The van der Waals surface area contributed by atoms with Crippen molar-refractivity contribution in [3.05, 3.63) is 208 Å². The first kappa shape index (κ1) is 80.3. The number of aliphatic carboxylic acids is 2. The maximum atomic E-state index is 14.1. The molecular formula is C66H68BF4N6Na2O14S2. The van der Waals surface area contributed by atoms with E-state index in [2.05, 4.69) is 18.9 Å². The molecule has 20 nitrogen and oxygen atoms in total. The number of aromatic nitrogens is 2. The minimum absolute atomic E-state index is 0. The van der Waals surface area contributed by atoms with E-state index in [1.54, 1.807) is 73.2 Å². The first-order chi connectivity index (χ1) is 43.5. The molecule has 0 aliphatic carbocycles. The SMILES string of the molecule is CC(C)c1c(C(=O)NS(=O)(=O)Nc2ccccc2)c(-c2ccc(F)cc2)c(-c2ccc(F)cc2)n1CC[C@@H](O)C[C@@H](O)CC(=O)O.CC(C)c1c(C(=O)[N-]S(=O)(=O)Nc2ccccc2)c(-c2ccc(F)cc2)c(-c2ccc(F)cc2)n1CC[C@@H](O)C[C@@H](O)CC(=O)[O-].[B].[Na+].[Na+]. The average molecular weight is 1370 g/mol. The average Bonchev–Trinajstić information content (AvgIpc) is 1.60. The zero-order chi connectivity index (χ0) is 67.2. The second-order valence-electron chi connectivity index (χ2n) is 22.2. The van der Waals surface area contributed by atoms with Crippen LogP contribution in [-0.2, 0) is 43.1 Å². The smallest absolute Gasteiger partial charge is 0.550 e. The van der Waals surface area contributed by atoms with Crippen molar-refractivity contribution in [2.45, 2.75) is 116 Å². The van der Waals surface area contributed by atoms with Gasteiger partial charge in [-0.3, -0.25) is 19.0 Å². The number of aliphatic hydroxyl groups is 4. The number of aliphatic hydroxyl groups excluding tert-OH is 4. The van der Waals surface area contributed by atoms with Gasteiger partial charge in [0.25, 0.3) is 5.91 Å². The Balaban J connectivity index is 0.000000392. The van der Waals surface area contributed by atoms with Gasteiger partial charge in [-0.2, -0.15) is 8.42 Å². The van der Waals surface area contributed by atoms with E-state index < -0.39 is 117 Å². The van der Waals surface area contributed by atoms with E-state index in [1.807, 2.05) is 0 Å². The molecule has 6 aromatic carbocycles. The van der Waals surface area contributed by atoms with Crippen LogP contribution in [-0.4, -0.2) is 108 Å². The molecule has 29 heteroatoms. The first-order valence-electron chi connectivity index (χ1n) is 29.0. The molecule has 8 aromatic rings. The summed E-state index contributed by atoms with van der Waals surface area (Å²) in [5.41, 5.74) is 3.79. The van der Waals surface area contributed by atoms with E-state index in [0.717, 1.165) is 0 Å². The summed E-state index contributed by atoms with van der Waals surface area (Å²) in [4.78, 5) is 49.9. The molecule has 0 aliphatic heterocycles. The number of para-hydroxylation sites is 2. The van der Waals surface area contributed by atoms with Gasteiger partial charge in [0, 0.05) is 67.7 Å². The normalized spacial score (nSPS) is 12.5. The summed E-state index contributed by atoms with van der Waals surface area (Å²) in [6.45, 7) is 7.16.